The lowest BCUT2D eigenvalue weighted by atomic mass is 10.1. The Hall–Kier alpha value is -3.22. The lowest BCUT2D eigenvalue weighted by Gasteiger charge is -2.24. The Kier molecular flexibility index (Phi) is 5.26. The van der Waals surface area contributed by atoms with E-state index in [1.165, 1.54) is 6.07 Å². The summed E-state index contributed by atoms with van der Waals surface area (Å²) in [5.41, 5.74) is 7.69. The minimum Gasteiger partial charge on any atom is -0.386 e. The number of amidine groups is 1. The molecule has 1 aliphatic rings. The summed E-state index contributed by atoms with van der Waals surface area (Å²) >= 11 is 0. The molecule has 3 rings (SSSR count). The summed E-state index contributed by atoms with van der Waals surface area (Å²) in [5.74, 6) is 0.323. The van der Waals surface area contributed by atoms with Crippen LogP contribution in [-0.4, -0.2) is 27.6 Å². The normalized spacial score (nSPS) is 17.5. The number of nitro benzene ring substituents is 1. The summed E-state index contributed by atoms with van der Waals surface area (Å²) in [7, 11) is 0. The molecule has 1 heterocycles. The predicted molar refractivity (Wildman–Crippen MR) is 98.4 cm³/mol. The standard InChI is InChI=1S/C19H20N4O3/c20-19(21-12-14-6-2-1-3-7-14)17-10-11-18(24)22(17)13-15-8-4-5-9-16(15)23(25)26/h1-9,17H,10-13H2,(H2,20,21)/t17-/m0/s1. The minimum atomic E-state index is -0.433. The van der Waals surface area contributed by atoms with Crippen LogP contribution in [0.2, 0.25) is 0 Å². The number of carbonyl (C=O) groups is 1. The Bertz CT molecular complexity index is 836. The third-order valence-corrected chi connectivity index (χ3v) is 4.49. The van der Waals surface area contributed by atoms with Gasteiger partial charge in [0.1, 0.15) is 5.84 Å². The van der Waals surface area contributed by atoms with Crippen LogP contribution in [0.3, 0.4) is 0 Å². The maximum atomic E-state index is 12.3. The number of para-hydroxylation sites is 1. The van der Waals surface area contributed by atoms with Gasteiger partial charge >= 0.3 is 0 Å². The molecule has 0 aliphatic carbocycles. The van der Waals surface area contributed by atoms with Crippen molar-refractivity contribution in [2.75, 3.05) is 0 Å². The average molecular weight is 352 g/mol. The molecule has 0 aromatic heterocycles. The molecule has 0 bridgehead atoms. The maximum absolute atomic E-state index is 12.3. The number of nitro groups is 1. The minimum absolute atomic E-state index is 0.00532. The van der Waals surface area contributed by atoms with Crippen molar-refractivity contribution in [1.29, 1.82) is 0 Å². The summed E-state index contributed by atoms with van der Waals surface area (Å²) < 4.78 is 0. The first-order valence-corrected chi connectivity index (χ1v) is 8.42. The molecular formula is C19H20N4O3. The summed E-state index contributed by atoms with van der Waals surface area (Å²) in [6.45, 7) is 0.596. The number of aliphatic imine (C=N–C) groups is 1. The van der Waals surface area contributed by atoms with Crippen molar-refractivity contribution in [1.82, 2.24) is 4.90 Å². The molecule has 0 unspecified atom stereocenters. The molecule has 7 nitrogen and oxygen atoms in total. The van der Waals surface area contributed by atoms with Crippen LogP contribution in [0.25, 0.3) is 0 Å². The Morgan fingerprint density at radius 2 is 1.88 bits per heavy atom. The van der Waals surface area contributed by atoms with Gasteiger partial charge in [-0.2, -0.15) is 0 Å². The zero-order chi connectivity index (χ0) is 18.5. The zero-order valence-corrected chi connectivity index (χ0v) is 14.2. The van der Waals surface area contributed by atoms with Gasteiger partial charge in [0.2, 0.25) is 5.91 Å². The molecule has 2 N–H and O–H groups in total. The molecule has 2 aromatic rings. The lowest BCUT2D eigenvalue weighted by molar-refractivity contribution is -0.385. The quantitative estimate of drug-likeness (QED) is 0.374. The number of hydrogen-bond donors (Lipinski definition) is 1. The van der Waals surface area contributed by atoms with Gasteiger partial charge in [-0.3, -0.25) is 19.9 Å². The molecule has 0 saturated carbocycles. The van der Waals surface area contributed by atoms with Crippen LogP contribution in [0.15, 0.2) is 59.6 Å². The van der Waals surface area contributed by atoms with E-state index in [1.54, 1.807) is 23.1 Å². The van der Waals surface area contributed by atoms with Gasteiger partial charge in [0.25, 0.3) is 5.69 Å². The Morgan fingerprint density at radius 3 is 2.62 bits per heavy atom. The fraction of sp³-hybridized carbons (Fsp3) is 0.263. The highest BCUT2D eigenvalue weighted by molar-refractivity contribution is 5.93. The molecule has 7 heteroatoms. The van der Waals surface area contributed by atoms with Crippen molar-refractivity contribution in [3.8, 4) is 0 Å². The van der Waals surface area contributed by atoms with Gasteiger partial charge < -0.3 is 10.6 Å². The SMILES string of the molecule is NC(=NCc1ccccc1)[C@@H]1CCC(=O)N1Cc1ccccc1[N+](=O)[O-]. The maximum Gasteiger partial charge on any atom is 0.274 e. The van der Waals surface area contributed by atoms with E-state index in [0.717, 1.165) is 5.56 Å². The lowest BCUT2D eigenvalue weighted by Crippen LogP contribution is -2.42. The first kappa shape index (κ1) is 17.6. The predicted octanol–water partition coefficient (Wildman–Crippen LogP) is 2.64. The first-order chi connectivity index (χ1) is 12.6. The molecular weight excluding hydrogens is 332 g/mol. The van der Waals surface area contributed by atoms with E-state index in [1.807, 2.05) is 30.3 Å². The number of likely N-dealkylation sites (tertiary alicyclic amines) is 1. The van der Waals surface area contributed by atoms with Crippen LogP contribution in [0, 0.1) is 10.1 Å². The second kappa shape index (κ2) is 7.77. The van der Waals surface area contributed by atoms with Crippen LogP contribution < -0.4 is 5.73 Å². The molecule has 134 valence electrons. The molecule has 1 aliphatic heterocycles. The summed E-state index contributed by atoms with van der Waals surface area (Å²) in [6.07, 6.45) is 0.941. The summed E-state index contributed by atoms with van der Waals surface area (Å²) in [5, 5.41) is 11.2. The van der Waals surface area contributed by atoms with Gasteiger partial charge in [-0.05, 0) is 12.0 Å². The molecule has 2 aromatic carbocycles. The molecule has 1 amide bonds. The van der Waals surface area contributed by atoms with Crippen molar-refractivity contribution in [2.45, 2.75) is 32.0 Å². The van der Waals surface area contributed by atoms with Crippen LogP contribution >= 0.6 is 0 Å². The van der Waals surface area contributed by atoms with Crippen LogP contribution in [-0.2, 0) is 17.9 Å². The van der Waals surface area contributed by atoms with E-state index in [-0.39, 0.29) is 24.2 Å². The van der Waals surface area contributed by atoms with E-state index in [0.29, 0.717) is 30.8 Å². The van der Waals surface area contributed by atoms with Crippen molar-refractivity contribution in [2.24, 2.45) is 10.7 Å². The van der Waals surface area contributed by atoms with E-state index >= 15 is 0 Å². The number of nitrogens with zero attached hydrogens (tertiary/aromatic N) is 3. The molecule has 1 atom stereocenters. The largest absolute Gasteiger partial charge is 0.386 e. The highest BCUT2D eigenvalue weighted by Gasteiger charge is 2.34. The second-order valence-corrected chi connectivity index (χ2v) is 6.19. The van der Waals surface area contributed by atoms with Crippen molar-refractivity contribution >= 4 is 17.4 Å². The van der Waals surface area contributed by atoms with Gasteiger partial charge in [0.05, 0.1) is 24.1 Å². The van der Waals surface area contributed by atoms with Crippen LogP contribution in [0.1, 0.15) is 24.0 Å². The molecule has 0 radical (unpaired) electrons. The van der Waals surface area contributed by atoms with E-state index in [2.05, 4.69) is 4.99 Å². The van der Waals surface area contributed by atoms with E-state index in [9.17, 15) is 14.9 Å². The highest BCUT2D eigenvalue weighted by Crippen LogP contribution is 2.26. The third-order valence-electron chi connectivity index (χ3n) is 4.49. The van der Waals surface area contributed by atoms with Gasteiger partial charge in [0, 0.05) is 18.1 Å². The molecule has 1 fully saturated rings. The highest BCUT2D eigenvalue weighted by atomic mass is 16.6. The first-order valence-electron chi connectivity index (χ1n) is 8.42. The number of rotatable bonds is 6. The number of hydrogen-bond acceptors (Lipinski definition) is 4. The van der Waals surface area contributed by atoms with Crippen LogP contribution in [0.4, 0.5) is 5.69 Å². The molecule has 1 saturated heterocycles. The topological polar surface area (TPSA) is 102 Å². The average Bonchev–Trinajstić information content (AvgIpc) is 3.01. The molecule has 26 heavy (non-hydrogen) atoms. The summed E-state index contributed by atoms with van der Waals surface area (Å²) in [4.78, 5) is 29.1. The number of benzene rings is 2. The molecule has 0 spiro atoms. The van der Waals surface area contributed by atoms with Crippen molar-refractivity contribution < 1.29 is 9.72 Å². The van der Waals surface area contributed by atoms with Crippen molar-refractivity contribution in [3.05, 3.63) is 75.8 Å². The van der Waals surface area contributed by atoms with E-state index in [4.69, 9.17) is 5.73 Å². The fourth-order valence-corrected chi connectivity index (χ4v) is 3.12. The Balaban J connectivity index is 1.78. The van der Waals surface area contributed by atoms with Gasteiger partial charge in [-0.1, -0.05) is 48.5 Å². The van der Waals surface area contributed by atoms with E-state index < -0.39 is 4.92 Å². The van der Waals surface area contributed by atoms with Gasteiger partial charge in [0.15, 0.2) is 0 Å². The smallest absolute Gasteiger partial charge is 0.274 e. The van der Waals surface area contributed by atoms with Gasteiger partial charge in [-0.15, -0.1) is 0 Å². The summed E-state index contributed by atoms with van der Waals surface area (Å²) in [6, 6.07) is 15.8. The zero-order valence-electron chi connectivity index (χ0n) is 14.2. The van der Waals surface area contributed by atoms with Gasteiger partial charge in [-0.25, -0.2) is 0 Å². The van der Waals surface area contributed by atoms with Crippen LogP contribution in [0.5, 0.6) is 0 Å². The Morgan fingerprint density at radius 1 is 1.19 bits per heavy atom. The second-order valence-electron chi connectivity index (χ2n) is 6.19. The number of nitrogens with two attached hydrogens (primary N) is 1. The fourth-order valence-electron chi connectivity index (χ4n) is 3.12. The number of amides is 1. The van der Waals surface area contributed by atoms with Crippen molar-refractivity contribution in [3.63, 3.8) is 0 Å². The third kappa shape index (κ3) is 3.88. The monoisotopic (exact) mass is 352 g/mol. The number of carbonyl (C=O) groups excluding carboxylic acids is 1. The Labute approximate surface area is 151 Å².